The monoisotopic (exact) mass is 292 g/mol. The highest BCUT2D eigenvalue weighted by molar-refractivity contribution is 14.1. The molecule has 0 bridgehead atoms. The fraction of sp³-hybridized carbons (Fsp3) is 0.300. The first-order valence-corrected chi connectivity index (χ1v) is 5.21. The highest BCUT2D eigenvalue weighted by Gasteiger charge is 2.08. The van der Waals surface area contributed by atoms with Crippen LogP contribution in [0.15, 0.2) is 18.2 Å². The number of benzene rings is 1. The Balaban J connectivity index is 2.95. The summed E-state index contributed by atoms with van der Waals surface area (Å²) in [7, 11) is 0. The van der Waals surface area contributed by atoms with Crippen molar-refractivity contribution in [2.24, 2.45) is 0 Å². The van der Waals surface area contributed by atoms with Gasteiger partial charge in [-0.3, -0.25) is 4.79 Å². The SMILES string of the molecule is CCCC(=O)c1ccc(F)cc1I. The molecular weight excluding hydrogens is 282 g/mol. The molecule has 0 radical (unpaired) electrons. The zero-order valence-electron chi connectivity index (χ0n) is 7.31. The molecule has 0 heterocycles. The molecule has 70 valence electrons. The predicted molar refractivity (Wildman–Crippen MR) is 58.4 cm³/mol. The van der Waals surface area contributed by atoms with Crippen molar-refractivity contribution < 1.29 is 9.18 Å². The van der Waals surface area contributed by atoms with Gasteiger partial charge >= 0.3 is 0 Å². The Hall–Kier alpha value is -0.450. The van der Waals surface area contributed by atoms with Gasteiger partial charge in [0.05, 0.1) is 0 Å². The van der Waals surface area contributed by atoms with Crippen molar-refractivity contribution in [3.63, 3.8) is 0 Å². The summed E-state index contributed by atoms with van der Waals surface area (Å²) in [6, 6.07) is 4.25. The molecule has 1 aromatic carbocycles. The maximum Gasteiger partial charge on any atom is 0.163 e. The number of carbonyl (C=O) groups is 1. The minimum atomic E-state index is -0.294. The Bertz CT molecular complexity index is 323. The lowest BCUT2D eigenvalue weighted by atomic mass is 10.1. The molecule has 0 aliphatic rings. The molecule has 0 aliphatic heterocycles. The van der Waals surface area contributed by atoms with Crippen LogP contribution in [-0.4, -0.2) is 5.78 Å². The Labute approximate surface area is 90.5 Å². The van der Waals surface area contributed by atoms with E-state index in [1.165, 1.54) is 12.1 Å². The van der Waals surface area contributed by atoms with Crippen LogP contribution >= 0.6 is 22.6 Å². The van der Waals surface area contributed by atoms with Crippen molar-refractivity contribution in [1.29, 1.82) is 0 Å². The second-order valence-electron chi connectivity index (χ2n) is 2.80. The molecule has 0 unspecified atom stereocenters. The first kappa shape index (κ1) is 10.6. The summed E-state index contributed by atoms with van der Waals surface area (Å²) in [4.78, 5) is 11.4. The van der Waals surface area contributed by atoms with Crippen LogP contribution in [0.4, 0.5) is 4.39 Å². The van der Waals surface area contributed by atoms with Gasteiger partial charge in [-0.05, 0) is 47.2 Å². The van der Waals surface area contributed by atoms with Crippen LogP contribution in [0.25, 0.3) is 0 Å². The number of hydrogen-bond acceptors (Lipinski definition) is 1. The quantitative estimate of drug-likeness (QED) is 0.616. The minimum Gasteiger partial charge on any atom is -0.294 e. The maximum absolute atomic E-state index is 12.7. The summed E-state index contributed by atoms with van der Waals surface area (Å²) in [5.41, 5.74) is 0.629. The van der Waals surface area contributed by atoms with Crippen LogP contribution in [0, 0.1) is 9.39 Å². The van der Waals surface area contributed by atoms with Gasteiger partial charge in [0.2, 0.25) is 0 Å². The zero-order valence-corrected chi connectivity index (χ0v) is 9.47. The van der Waals surface area contributed by atoms with Gasteiger partial charge < -0.3 is 0 Å². The molecule has 0 aliphatic carbocycles. The molecule has 1 aromatic rings. The molecule has 0 atom stereocenters. The summed E-state index contributed by atoms with van der Waals surface area (Å²) in [5.74, 6) is -0.204. The van der Waals surface area contributed by atoms with Gasteiger partial charge in [-0.25, -0.2) is 4.39 Å². The van der Waals surface area contributed by atoms with E-state index in [1.807, 2.05) is 29.5 Å². The van der Waals surface area contributed by atoms with Crippen LogP contribution in [0.3, 0.4) is 0 Å². The van der Waals surface area contributed by atoms with E-state index in [0.717, 1.165) is 6.42 Å². The first-order chi connectivity index (χ1) is 6.15. The van der Waals surface area contributed by atoms with Crippen molar-refractivity contribution >= 4 is 28.4 Å². The summed E-state index contributed by atoms with van der Waals surface area (Å²) >= 11 is 1.98. The number of hydrogen-bond donors (Lipinski definition) is 0. The molecule has 0 fully saturated rings. The molecule has 3 heteroatoms. The molecule has 0 N–H and O–H groups in total. The van der Waals surface area contributed by atoms with Gasteiger partial charge in [0.1, 0.15) is 5.82 Å². The van der Waals surface area contributed by atoms with Gasteiger partial charge in [-0.15, -0.1) is 0 Å². The standard InChI is InChI=1S/C10H10FIO/c1-2-3-10(13)8-5-4-7(11)6-9(8)12/h4-6H,2-3H2,1H3. The van der Waals surface area contributed by atoms with E-state index in [2.05, 4.69) is 0 Å². The number of carbonyl (C=O) groups excluding carboxylic acids is 1. The van der Waals surface area contributed by atoms with Crippen LogP contribution in [-0.2, 0) is 0 Å². The highest BCUT2D eigenvalue weighted by atomic mass is 127. The third-order valence-electron chi connectivity index (χ3n) is 1.71. The summed E-state index contributed by atoms with van der Waals surface area (Å²) < 4.78 is 13.4. The van der Waals surface area contributed by atoms with Crippen molar-refractivity contribution in [1.82, 2.24) is 0 Å². The first-order valence-electron chi connectivity index (χ1n) is 4.13. The molecule has 0 aromatic heterocycles. The molecule has 13 heavy (non-hydrogen) atoms. The number of halogens is 2. The van der Waals surface area contributed by atoms with E-state index in [0.29, 0.717) is 15.6 Å². The smallest absolute Gasteiger partial charge is 0.163 e. The second kappa shape index (κ2) is 4.69. The van der Waals surface area contributed by atoms with E-state index in [4.69, 9.17) is 0 Å². The topological polar surface area (TPSA) is 17.1 Å². The van der Waals surface area contributed by atoms with E-state index in [-0.39, 0.29) is 11.6 Å². The Morgan fingerprint density at radius 3 is 2.77 bits per heavy atom. The fourth-order valence-electron chi connectivity index (χ4n) is 1.08. The van der Waals surface area contributed by atoms with Gasteiger partial charge in [0.15, 0.2) is 5.78 Å². The Morgan fingerprint density at radius 1 is 1.54 bits per heavy atom. The van der Waals surface area contributed by atoms with Crippen LogP contribution in [0.1, 0.15) is 30.1 Å². The molecule has 0 saturated carbocycles. The molecule has 0 saturated heterocycles. The average molecular weight is 292 g/mol. The Kier molecular flexibility index (Phi) is 3.84. The van der Waals surface area contributed by atoms with Crippen molar-refractivity contribution in [3.8, 4) is 0 Å². The van der Waals surface area contributed by atoms with E-state index in [9.17, 15) is 9.18 Å². The number of rotatable bonds is 3. The van der Waals surface area contributed by atoms with E-state index >= 15 is 0 Å². The van der Waals surface area contributed by atoms with E-state index < -0.39 is 0 Å². The lowest BCUT2D eigenvalue weighted by Gasteiger charge is -2.01. The van der Waals surface area contributed by atoms with E-state index in [1.54, 1.807) is 6.07 Å². The minimum absolute atomic E-state index is 0.0897. The van der Waals surface area contributed by atoms with Gasteiger partial charge in [0, 0.05) is 15.6 Å². The molecular formula is C10H10FIO. The fourth-order valence-corrected chi connectivity index (χ4v) is 1.86. The maximum atomic E-state index is 12.7. The van der Waals surface area contributed by atoms with Gasteiger partial charge in [-0.1, -0.05) is 6.92 Å². The lowest BCUT2D eigenvalue weighted by Crippen LogP contribution is -2.01. The molecule has 0 amide bonds. The normalized spacial score (nSPS) is 10.1. The van der Waals surface area contributed by atoms with Crippen molar-refractivity contribution in [2.45, 2.75) is 19.8 Å². The van der Waals surface area contributed by atoms with Gasteiger partial charge in [-0.2, -0.15) is 0 Å². The second-order valence-corrected chi connectivity index (χ2v) is 3.96. The summed E-state index contributed by atoms with van der Waals surface area (Å²) in [5, 5.41) is 0. The number of ketones is 1. The third kappa shape index (κ3) is 2.76. The van der Waals surface area contributed by atoms with Crippen molar-refractivity contribution in [2.75, 3.05) is 0 Å². The molecule has 1 rings (SSSR count). The van der Waals surface area contributed by atoms with Crippen molar-refractivity contribution in [3.05, 3.63) is 33.1 Å². The Morgan fingerprint density at radius 2 is 2.23 bits per heavy atom. The third-order valence-corrected chi connectivity index (χ3v) is 2.60. The largest absolute Gasteiger partial charge is 0.294 e. The van der Waals surface area contributed by atoms with Crippen LogP contribution < -0.4 is 0 Å². The predicted octanol–water partition coefficient (Wildman–Crippen LogP) is 3.41. The average Bonchev–Trinajstić information content (AvgIpc) is 2.04. The summed E-state index contributed by atoms with van der Waals surface area (Å²) in [6.45, 7) is 1.95. The van der Waals surface area contributed by atoms with Gasteiger partial charge in [0.25, 0.3) is 0 Å². The van der Waals surface area contributed by atoms with Crippen LogP contribution in [0.5, 0.6) is 0 Å². The lowest BCUT2D eigenvalue weighted by molar-refractivity contribution is 0.0981. The van der Waals surface area contributed by atoms with Crippen LogP contribution in [0.2, 0.25) is 0 Å². The molecule has 1 nitrogen and oxygen atoms in total. The molecule has 0 spiro atoms. The number of Topliss-reactive ketones (excluding diaryl/α,β-unsaturated/α-hetero) is 1. The highest BCUT2D eigenvalue weighted by Crippen LogP contribution is 2.16. The zero-order chi connectivity index (χ0) is 9.84. The summed E-state index contributed by atoms with van der Waals surface area (Å²) in [6.07, 6.45) is 1.36.